The van der Waals surface area contributed by atoms with Crippen molar-refractivity contribution in [2.45, 2.75) is 58.5 Å². The molecule has 164 valence electrons. The standard InChI is InChI=1S/C24H31N5O2/c1-16-14-23(26-17(2)25-16)28-11-9-20(10-12-28)27-24(31)15-22-21-7-5-4-6-19(21)8-13-29(22)18(3)30/h4-7,14,20,22H,8-13,15H2,1-3H3,(H,27,31). The molecule has 1 aromatic carbocycles. The molecule has 4 rings (SSSR count). The van der Waals surface area contributed by atoms with E-state index in [1.807, 2.05) is 43.0 Å². The highest BCUT2D eigenvalue weighted by Crippen LogP contribution is 2.32. The van der Waals surface area contributed by atoms with Gasteiger partial charge in [-0.2, -0.15) is 0 Å². The summed E-state index contributed by atoms with van der Waals surface area (Å²) >= 11 is 0. The van der Waals surface area contributed by atoms with E-state index < -0.39 is 0 Å². The fraction of sp³-hybridized carbons (Fsp3) is 0.500. The maximum Gasteiger partial charge on any atom is 0.222 e. The number of carbonyl (C=O) groups excluding carboxylic acids is 2. The van der Waals surface area contributed by atoms with Crippen molar-refractivity contribution in [1.29, 1.82) is 0 Å². The Balaban J connectivity index is 1.36. The van der Waals surface area contributed by atoms with E-state index in [9.17, 15) is 9.59 Å². The maximum absolute atomic E-state index is 12.9. The number of piperidine rings is 1. The van der Waals surface area contributed by atoms with Gasteiger partial charge in [0.1, 0.15) is 11.6 Å². The fourth-order valence-corrected chi connectivity index (χ4v) is 4.82. The molecule has 7 nitrogen and oxygen atoms in total. The minimum Gasteiger partial charge on any atom is -0.356 e. The van der Waals surface area contributed by atoms with E-state index in [1.54, 1.807) is 6.92 Å². The molecule has 2 aliphatic rings. The number of amides is 2. The molecule has 31 heavy (non-hydrogen) atoms. The summed E-state index contributed by atoms with van der Waals surface area (Å²) in [4.78, 5) is 38.1. The molecule has 0 radical (unpaired) electrons. The quantitative estimate of drug-likeness (QED) is 0.821. The van der Waals surface area contributed by atoms with Crippen LogP contribution in [0.5, 0.6) is 0 Å². The highest BCUT2D eigenvalue weighted by atomic mass is 16.2. The van der Waals surface area contributed by atoms with Crippen LogP contribution >= 0.6 is 0 Å². The van der Waals surface area contributed by atoms with Crippen LogP contribution in [0, 0.1) is 13.8 Å². The first kappa shape index (κ1) is 21.3. The molecule has 0 aliphatic carbocycles. The number of aryl methyl sites for hydroxylation is 2. The average Bonchev–Trinajstić information content (AvgIpc) is 2.73. The number of hydrogen-bond acceptors (Lipinski definition) is 5. The topological polar surface area (TPSA) is 78.4 Å². The van der Waals surface area contributed by atoms with Gasteiger partial charge in [0.25, 0.3) is 0 Å². The van der Waals surface area contributed by atoms with Crippen LogP contribution in [-0.4, -0.2) is 52.4 Å². The third kappa shape index (κ3) is 4.86. The molecule has 1 N–H and O–H groups in total. The minimum absolute atomic E-state index is 0.0140. The number of anilines is 1. The molecular formula is C24H31N5O2. The van der Waals surface area contributed by atoms with Crippen molar-refractivity contribution in [1.82, 2.24) is 20.2 Å². The van der Waals surface area contributed by atoms with E-state index in [2.05, 4.69) is 26.3 Å². The van der Waals surface area contributed by atoms with Crippen LogP contribution in [0.4, 0.5) is 5.82 Å². The summed E-state index contributed by atoms with van der Waals surface area (Å²) in [6.07, 6.45) is 2.91. The summed E-state index contributed by atoms with van der Waals surface area (Å²) in [5.74, 6) is 1.79. The van der Waals surface area contributed by atoms with Gasteiger partial charge in [-0.05, 0) is 44.2 Å². The van der Waals surface area contributed by atoms with Gasteiger partial charge in [0.2, 0.25) is 11.8 Å². The number of nitrogens with zero attached hydrogens (tertiary/aromatic N) is 4. The average molecular weight is 422 g/mol. The van der Waals surface area contributed by atoms with Gasteiger partial charge in [0.05, 0.1) is 12.5 Å². The van der Waals surface area contributed by atoms with Crippen molar-refractivity contribution in [2.24, 2.45) is 0 Å². The van der Waals surface area contributed by atoms with Crippen LogP contribution in [0.1, 0.15) is 54.9 Å². The second-order valence-corrected chi connectivity index (χ2v) is 8.62. The lowest BCUT2D eigenvalue weighted by Gasteiger charge is -2.37. The highest BCUT2D eigenvalue weighted by Gasteiger charge is 2.31. The molecule has 1 aromatic heterocycles. The van der Waals surface area contributed by atoms with Gasteiger partial charge in [-0.3, -0.25) is 9.59 Å². The molecule has 1 unspecified atom stereocenters. The first-order valence-electron chi connectivity index (χ1n) is 11.1. The Labute approximate surface area is 183 Å². The lowest BCUT2D eigenvalue weighted by molar-refractivity contribution is -0.133. The SMILES string of the molecule is CC(=O)N1CCc2ccccc2C1CC(=O)NC1CCN(c2cc(C)nc(C)n2)CC1. The van der Waals surface area contributed by atoms with Crippen molar-refractivity contribution in [2.75, 3.05) is 24.5 Å². The smallest absolute Gasteiger partial charge is 0.222 e. The number of rotatable bonds is 4. The first-order valence-corrected chi connectivity index (χ1v) is 11.1. The van der Waals surface area contributed by atoms with Crippen molar-refractivity contribution in [3.63, 3.8) is 0 Å². The second kappa shape index (κ2) is 9.04. The van der Waals surface area contributed by atoms with E-state index in [1.165, 1.54) is 5.56 Å². The highest BCUT2D eigenvalue weighted by molar-refractivity contribution is 5.80. The van der Waals surface area contributed by atoms with Crippen LogP contribution in [0.15, 0.2) is 30.3 Å². The van der Waals surface area contributed by atoms with Gasteiger partial charge in [-0.25, -0.2) is 9.97 Å². The van der Waals surface area contributed by atoms with Crippen molar-refractivity contribution in [3.05, 3.63) is 53.0 Å². The molecule has 1 saturated heterocycles. The Bertz CT molecular complexity index is 948. The Morgan fingerprint density at radius 1 is 1.10 bits per heavy atom. The van der Waals surface area contributed by atoms with Crippen molar-refractivity contribution >= 4 is 17.6 Å². The van der Waals surface area contributed by atoms with Gasteiger partial charge in [-0.1, -0.05) is 24.3 Å². The van der Waals surface area contributed by atoms with Gasteiger partial charge in [0, 0.05) is 44.4 Å². The first-order chi connectivity index (χ1) is 14.9. The number of nitrogens with one attached hydrogen (secondary N) is 1. The van der Waals surface area contributed by atoms with Crippen LogP contribution < -0.4 is 10.2 Å². The third-order valence-corrected chi connectivity index (χ3v) is 6.33. The lowest BCUT2D eigenvalue weighted by Crippen LogP contribution is -2.46. The molecule has 3 heterocycles. The van der Waals surface area contributed by atoms with E-state index in [-0.39, 0.29) is 23.9 Å². The van der Waals surface area contributed by atoms with Crippen LogP contribution in [0.3, 0.4) is 0 Å². The molecule has 7 heteroatoms. The lowest BCUT2D eigenvalue weighted by atomic mass is 9.90. The number of carbonyl (C=O) groups is 2. The molecule has 2 amide bonds. The van der Waals surface area contributed by atoms with Gasteiger partial charge in [-0.15, -0.1) is 0 Å². The predicted molar refractivity (Wildman–Crippen MR) is 120 cm³/mol. The molecular weight excluding hydrogens is 390 g/mol. The van der Waals surface area contributed by atoms with E-state index in [0.29, 0.717) is 13.0 Å². The summed E-state index contributed by atoms with van der Waals surface area (Å²) in [5, 5.41) is 3.21. The summed E-state index contributed by atoms with van der Waals surface area (Å²) in [7, 11) is 0. The Morgan fingerprint density at radius 3 is 2.55 bits per heavy atom. The Morgan fingerprint density at radius 2 is 1.84 bits per heavy atom. The fourth-order valence-electron chi connectivity index (χ4n) is 4.82. The maximum atomic E-state index is 12.9. The molecule has 1 atom stereocenters. The second-order valence-electron chi connectivity index (χ2n) is 8.62. The zero-order valence-electron chi connectivity index (χ0n) is 18.6. The number of hydrogen-bond donors (Lipinski definition) is 1. The number of aromatic nitrogens is 2. The van der Waals surface area contributed by atoms with E-state index in [4.69, 9.17) is 0 Å². The van der Waals surface area contributed by atoms with E-state index in [0.717, 1.165) is 55.3 Å². The molecule has 0 bridgehead atoms. The van der Waals surface area contributed by atoms with Crippen LogP contribution in [0.2, 0.25) is 0 Å². The third-order valence-electron chi connectivity index (χ3n) is 6.33. The summed E-state index contributed by atoms with van der Waals surface area (Å²) in [6, 6.07) is 10.1. The Kier molecular flexibility index (Phi) is 6.20. The van der Waals surface area contributed by atoms with Gasteiger partial charge < -0.3 is 15.1 Å². The van der Waals surface area contributed by atoms with Crippen molar-refractivity contribution in [3.8, 4) is 0 Å². The van der Waals surface area contributed by atoms with Crippen LogP contribution in [0.25, 0.3) is 0 Å². The van der Waals surface area contributed by atoms with Gasteiger partial charge >= 0.3 is 0 Å². The predicted octanol–water partition coefficient (Wildman–Crippen LogP) is 2.71. The molecule has 2 aromatic rings. The number of fused-ring (bicyclic) bond motifs is 1. The minimum atomic E-state index is -0.186. The zero-order valence-corrected chi connectivity index (χ0v) is 18.6. The Hall–Kier alpha value is -2.96. The normalized spacial score (nSPS) is 19.1. The summed E-state index contributed by atoms with van der Waals surface area (Å²) in [6.45, 7) is 7.86. The monoisotopic (exact) mass is 421 g/mol. The summed E-state index contributed by atoms with van der Waals surface area (Å²) < 4.78 is 0. The largest absolute Gasteiger partial charge is 0.356 e. The number of benzene rings is 1. The van der Waals surface area contributed by atoms with Crippen molar-refractivity contribution < 1.29 is 9.59 Å². The molecule has 0 spiro atoms. The van der Waals surface area contributed by atoms with E-state index >= 15 is 0 Å². The summed E-state index contributed by atoms with van der Waals surface area (Å²) in [5.41, 5.74) is 3.31. The van der Waals surface area contributed by atoms with Gasteiger partial charge in [0.15, 0.2) is 0 Å². The van der Waals surface area contributed by atoms with Crippen LogP contribution in [-0.2, 0) is 16.0 Å². The molecule has 2 aliphatic heterocycles. The zero-order chi connectivity index (χ0) is 22.0. The molecule has 0 saturated carbocycles. The molecule has 1 fully saturated rings.